The number of nitrogens with zero attached hydrogens (tertiary/aromatic N) is 1. The first-order valence-corrected chi connectivity index (χ1v) is 9.31. The molecule has 0 unspecified atom stereocenters. The van der Waals surface area contributed by atoms with Crippen molar-refractivity contribution in [2.75, 3.05) is 25.1 Å². The van der Waals surface area contributed by atoms with E-state index < -0.39 is 10.0 Å². The zero-order valence-electron chi connectivity index (χ0n) is 13.8. The molecule has 0 aromatic heterocycles. The van der Waals surface area contributed by atoms with E-state index in [-0.39, 0.29) is 10.8 Å². The number of amides is 1. The average Bonchev–Trinajstić information content (AvgIpc) is 2.92. The van der Waals surface area contributed by atoms with Crippen LogP contribution in [0.5, 0.6) is 5.75 Å². The lowest BCUT2D eigenvalue weighted by atomic mass is 10.1. The summed E-state index contributed by atoms with van der Waals surface area (Å²) >= 11 is 0. The molecule has 1 N–H and O–H groups in total. The topological polar surface area (TPSA) is 75.7 Å². The molecule has 7 heteroatoms. The standard InChI is InChI=1S/C16H24N2O4S/c1-12(2)8-9-17-23(20,21)13-6-7-15(22-3)14(11-13)18-10-4-5-16(18)19/h6-7,11-12,17H,4-5,8-10H2,1-3H3. The van der Waals surface area contributed by atoms with Crippen LogP contribution in [-0.4, -0.2) is 34.5 Å². The molecule has 23 heavy (non-hydrogen) atoms. The first-order valence-electron chi connectivity index (χ1n) is 7.83. The summed E-state index contributed by atoms with van der Waals surface area (Å²) in [6, 6.07) is 4.61. The first kappa shape index (κ1) is 17.7. The molecule has 1 heterocycles. The lowest BCUT2D eigenvalue weighted by Crippen LogP contribution is -2.27. The monoisotopic (exact) mass is 340 g/mol. The largest absolute Gasteiger partial charge is 0.495 e. The van der Waals surface area contributed by atoms with Gasteiger partial charge in [-0.05, 0) is 37.0 Å². The maximum Gasteiger partial charge on any atom is 0.240 e. The Morgan fingerprint density at radius 3 is 2.65 bits per heavy atom. The predicted octanol–water partition coefficient (Wildman–Crippen LogP) is 2.15. The van der Waals surface area contributed by atoms with Crippen LogP contribution in [0.3, 0.4) is 0 Å². The van der Waals surface area contributed by atoms with E-state index in [0.29, 0.717) is 36.9 Å². The summed E-state index contributed by atoms with van der Waals surface area (Å²) < 4.78 is 32.7. The molecule has 6 nitrogen and oxygen atoms in total. The van der Waals surface area contributed by atoms with Gasteiger partial charge in [-0.2, -0.15) is 0 Å². The van der Waals surface area contributed by atoms with Crippen molar-refractivity contribution in [3.63, 3.8) is 0 Å². The molecule has 0 spiro atoms. The van der Waals surface area contributed by atoms with E-state index in [1.54, 1.807) is 11.0 Å². The van der Waals surface area contributed by atoms with Crippen molar-refractivity contribution in [2.45, 2.75) is 38.0 Å². The van der Waals surface area contributed by atoms with Crippen LogP contribution in [0.1, 0.15) is 33.1 Å². The maximum absolute atomic E-state index is 12.4. The van der Waals surface area contributed by atoms with Crippen LogP contribution < -0.4 is 14.4 Å². The third kappa shape index (κ3) is 4.23. The smallest absolute Gasteiger partial charge is 0.240 e. The maximum atomic E-state index is 12.4. The number of hydrogen-bond acceptors (Lipinski definition) is 4. The second-order valence-electron chi connectivity index (χ2n) is 6.06. The Kier molecular flexibility index (Phi) is 5.64. The SMILES string of the molecule is COc1ccc(S(=O)(=O)NCCC(C)C)cc1N1CCCC1=O. The lowest BCUT2D eigenvalue weighted by molar-refractivity contribution is -0.117. The van der Waals surface area contributed by atoms with E-state index in [9.17, 15) is 13.2 Å². The van der Waals surface area contributed by atoms with Gasteiger partial charge >= 0.3 is 0 Å². The first-order chi connectivity index (χ1) is 10.8. The molecule has 2 rings (SSSR count). The highest BCUT2D eigenvalue weighted by molar-refractivity contribution is 7.89. The molecule has 0 bridgehead atoms. The summed E-state index contributed by atoms with van der Waals surface area (Å²) in [5, 5.41) is 0. The second-order valence-corrected chi connectivity index (χ2v) is 7.83. The van der Waals surface area contributed by atoms with Crippen LogP contribution in [0, 0.1) is 5.92 Å². The molecule has 0 saturated carbocycles. The van der Waals surface area contributed by atoms with Crippen molar-refractivity contribution < 1.29 is 17.9 Å². The van der Waals surface area contributed by atoms with Gasteiger partial charge in [0.1, 0.15) is 5.75 Å². The van der Waals surface area contributed by atoms with E-state index in [0.717, 1.165) is 12.8 Å². The molecule has 1 aromatic rings. The molecule has 0 aliphatic carbocycles. The Morgan fingerprint density at radius 2 is 2.09 bits per heavy atom. The van der Waals surface area contributed by atoms with E-state index in [4.69, 9.17) is 4.74 Å². The Balaban J connectivity index is 2.28. The van der Waals surface area contributed by atoms with Crippen molar-refractivity contribution in [3.8, 4) is 5.75 Å². The number of rotatable bonds is 7. The quantitative estimate of drug-likeness (QED) is 0.825. The van der Waals surface area contributed by atoms with Gasteiger partial charge in [0.15, 0.2) is 0 Å². The Labute approximate surface area is 137 Å². The van der Waals surface area contributed by atoms with Crippen LogP contribution in [-0.2, 0) is 14.8 Å². The number of benzene rings is 1. The van der Waals surface area contributed by atoms with E-state index in [1.165, 1.54) is 19.2 Å². The highest BCUT2D eigenvalue weighted by Crippen LogP contribution is 2.33. The lowest BCUT2D eigenvalue weighted by Gasteiger charge is -2.20. The minimum atomic E-state index is -3.59. The van der Waals surface area contributed by atoms with Gasteiger partial charge in [0.2, 0.25) is 15.9 Å². The molecule has 1 saturated heterocycles. The fourth-order valence-corrected chi connectivity index (χ4v) is 3.58. The number of methoxy groups -OCH3 is 1. The number of carbonyl (C=O) groups excluding carboxylic acids is 1. The molecule has 1 aliphatic heterocycles. The fourth-order valence-electron chi connectivity index (χ4n) is 2.52. The summed E-state index contributed by atoms with van der Waals surface area (Å²) in [6.45, 7) is 5.06. The summed E-state index contributed by atoms with van der Waals surface area (Å²) in [5.74, 6) is 0.915. The summed E-state index contributed by atoms with van der Waals surface area (Å²) in [7, 11) is -2.09. The number of nitrogens with one attached hydrogen (secondary N) is 1. The van der Waals surface area contributed by atoms with Crippen molar-refractivity contribution in [2.24, 2.45) is 5.92 Å². The van der Waals surface area contributed by atoms with E-state index in [2.05, 4.69) is 4.72 Å². The van der Waals surface area contributed by atoms with Crippen LogP contribution >= 0.6 is 0 Å². The van der Waals surface area contributed by atoms with Crippen LogP contribution in [0.25, 0.3) is 0 Å². The molecule has 0 radical (unpaired) electrons. The minimum absolute atomic E-state index is 0.00869. The van der Waals surface area contributed by atoms with Crippen LogP contribution in [0.4, 0.5) is 5.69 Å². The zero-order valence-corrected chi connectivity index (χ0v) is 14.6. The van der Waals surface area contributed by atoms with Gasteiger partial charge in [-0.1, -0.05) is 13.8 Å². The molecular formula is C16H24N2O4S. The van der Waals surface area contributed by atoms with E-state index >= 15 is 0 Å². The third-order valence-corrected chi connectivity index (χ3v) is 5.30. The highest BCUT2D eigenvalue weighted by atomic mass is 32.2. The van der Waals surface area contributed by atoms with Gasteiger partial charge in [0.05, 0.1) is 17.7 Å². The number of sulfonamides is 1. The van der Waals surface area contributed by atoms with Crippen molar-refractivity contribution in [1.82, 2.24) is 4.72 Å². The van der Waals surface area contributed by atoms with Crippen molar-refractivity contribution >= 4 is 21.6 Å². The van der Waals surface area contributed by atoms with Crippen molar-refractivity contribution in [3.05, 3.63) is 18.2 Å². The van der Waals surface area contributed by atoms with Crippen LogP contribution in [0.15, 0.2) is 23.1 Å². The molecule has 1 amide bonds. The fraction of sp³-hybridized carbons (Fsp3) is 0.562. The molecule has 128 valence electrons. The minimum Gasteiger partial charge on any atom is -0.495 e. The molecule has 1 aromatic carbocycles. The van der Waals surface area contributed by atoms with E-state index in [1.807, 2.05) is 13.8 Å². The second kappa shape index (κ2) is 7.31. The molecular weight excluding hydrogens is 316 g/mol. The third-order valence-electron chi connectivity index (χ3n) is 3.84. The summed E-state index contributed by atoms with van der Waals surface area (Å²) in [6.07, 6.45) is 2.02. The van der Waals surface area contributed by atoms with Gasteiger partial charge in [0, 0.05) is 19.5 Å². The number of hydrogen-bond donors (Lipinski definition) is 1. The average molecular weight is 340 g/mol. The van der Waals surface area contributed by atoms with Gasteiger partial charge < -0.3 is 9.64 Å². The highest BCUT2D eigenvalue weighted by Gasteiger charge is 2.26. The van der Waals surface area contributed by atoms with Crippen LogP contribution in [0.2, 0.25) is 0 Å². The Morgan fingerprint density at radius 1 is 1.35 bits per heavy atom. The number of anilines is 1. The Bertz CT molecular complexity index is 671. The number of ether oxygens (including phenoxy) is 1. The summed E-state index contributed by atoms with van der Waals surface area (Å²) in [4.78, 5) is 13.7. The molecule has 0 atom stereocenters. The van der Waals surface area contributed by atoms with Gasteiger partial charge in [-0.3, -0.25) is 4.79 Å². The van der Waals surface area contributed by atoms with Gasteiger partial charge in [0.25, 0.3) is 0 Å². The van der Waals surface area contributed by atoms with Gasteiger partial charge in [-0.25, -0.2) is 13.1 Å². The number of carbonyl (C=O) groups is 1. The Hall–Kier alpha value is -1.60. The summed E-state index contributed by atoms with van der Waals surface area (Å²) in [5.41, 5.74) is 0.515. The molecule has 1 fully saturated rings. The zero-order chi connectivity index (χ0) is 17.0. The molecule has 1 aliphatic rings. The van der Waals surface area contributed by atoms with Gasteiger partial charge in [-0.15, -0.1) is 0 Å². The normalized spacial score (nSPS) is 15.5. The predicted molar refractivity (Wildman–Crippen MR) is 89.2 cm³/mol. The van der Waals surface area contributed by atoms with Crippen molar-refractivity contribution in [1.29, 1.82) is 0 Å².